The number of rotatable bonds is 3. The van der Waals surface area contributed by atoms with Crippen LogP contribution >= 0.6 is 34.5 Å². The van der Waals surface area contributed by atoms with Gasteiger partial charge in [-0.2, -0.15) is 0 Å². The standard InChI is InChI=1S/C13H12Cl2N2O2S2/c14-8-5-6-9(15)12(7-8)21(18,19)17-13-16-10-3-1-2-4-11(10)20-13/h5-7H,1-4H2,(H,16,17). The lowest BCUT2D eigenvalue weighted by Gasteiger charge is -2.07. The first kappa shape index (κ1) is 15.1. The zero-order valence-electron chi connectivity index (χ0n) is 10.9. The van der Waals surface area contributed by atoms with Gasteiger partial charge in [-0.1, -0.05) is 23.2 Å². The molecule has 0 amide bonds. The fourth-order valence-electron chi connectivity index (χ4n) is 2.25. The van der Waals surface area contributed by atoms with Gasteiger partial charge in [0.15, 0.2) is 5.13 Å². The molecule has 21 heavy (non-hydrogen) atoms. The van der Waals surface area contributed by atoms with Gasteiger partial charge in [0.2, 0.25) is 0 Å². The van der Waals surface area contributed by atoms with Crippen LogP contribution in [0.25, 0.3) is 0 Å². The van der Waals surface area contributed by atoms with Gasteiger partial charge in [0.1, 0.15) is 4.90 Å². The molecule has 0 unspecified atom stereocenters. The summed E-state index contributed by atoms with van der Waals surface area (Å²) in [6, 6.07) is 4.34. The highest BCUT2D eigenvalue weighted by Crippen LogP contribution is 2.32. The second kappa shape index (κ2) is 5.76. The van der Waals surface area contributed by atoms with Gasteiger partial charge in [0, 0.05) is 9.90 Å². The van der Waals surface area contributed by atoms with E-state index in [1.807, 2.05) is 0 Å². The fourth-order valence-corrected chi connectivity index (χ4v) is 5.30. The van der Waals surface area contributed by atoms with E-state index in [1.54, 1.807) is 6.07 Å². The molecule has 0 atom stereocenters. The lowest BCUT2D eigenvalue weighted by atomic mass is 10.0. The minimum absolute atomic E-state index is 0.0372. The molecule has 2 aromatic rings. The molecule has 3 rings (SSSR count). The van der Waals surface area contributed by atoms with Gasteiger partial charge in [0.05, 0.1) is 10.7 Å². The Balaban J connectivity index is 1.92. The largest absolute Gasteiger partial charge is 0.265 e. The highest BCUT2D eigenvalue weighted by molar-refractivity contribution is 7.93. The molecule has 1 aromatic carbocycles. The lowest BCUT2D eigenvalue weighted by molar-refractivity contribution is 0.601. The van der Waals surface area contributed by atoms with Crippen LogP contribution < -0.4 is 4.72 Å². The van der Waals surface area contributed by atoms with E-state index in [-0.39, 0.29) is 9.92 Å². The maximum atomic E-state index is 12.4. The van der Waals surface area contributed by atoms with E-state index in [9.17, 15) is 8.42 Å². The van der Waals surface area contributed by atoms with Crippen LogP contribution in [0.15, 0.2) is 23.1 Å². The van der Waals surface area contributed by atoms with Crippen LogP contribution in [-0.4, -0.2) is 13.4 Å². The van der Waals surface area contributed by atoms with Crippen molar-refractivity contribution < 1.29 is 8.42 Å². The Morgan fingerprint density at radius 3 is 2.71 bits per heavy atom. The SMILES string of the molecule is O=S(=O)(Nc1nc2c(s1)CCCC2)c1cc(Cl)ccc1Cl. The molecular weight excluding hydrogens is 351 g/mol. The fraction of sp³-hybridized carbons (Fsp3) is 0.308. The Morgan fingerprint density at radius 2 is 1.95 bits per heavy atom. The molecule has 0 saturated heterocycles. The molecule has 1 N–H and O–H groups in total. The molecule has 8 heteroatoms. The Hall–Kier alpha value is -0.820. The molecular formula is C13H12Cl2N2O2S2. The first-order valence-corrected chi connectivity index (χ1v) is 9.48. The van der Waals surface area contributed by atoms with Gasteiger partial charge in [0.25, 0.3) is 10.0 Å². The molecule has 4 nitrogen and oxygen atoms in total. The van der Waals surface area contributed by atoms with Gasteiger partial charge < -0.3 is 0 Å². The maximum Gasteiger partial charge on any atom is 0.265 e. The number of halogens is 2. The van der Waals surface area contributed by atoms with E-state index in [2.05, 4.69) is 9.71 Å². The summed E-state index contributed by atoms with van der Waals surface area (Å²) in [5.74, 6) is 0. The number of aryl methyl sites for hydroxylation is 2. The molecule has 1 aromatic heterocycles. The third-order valence-corrected chi connectivity index (χ3v) is 6.51. The van der Waals surface area contributed by atoms with Gasteiger partial charge in [-0.3, -0.25) is 4.72 Å². The first-order valence-electron chi connectivity index (χ1n) is 6.42. The second-order valence-corrected chi connectivity index (χ2v) is 8.35. The van der Waals surface area contributed by atoms with Gasteiger partial charge in [-0.15, -0.1) is 11.3 Å². The van der Waals surface area contributed by atoms with Crippen molar-refractivity contribution in [2.24, 2.45) is 0 Å². The average molecular weight is 363 g/mol. The molecule has 1 aliphatic carbocycles. The minimum Gasteiger partial charge on any atom is -0.255 e. The normalized spacial score (nSPS) is 14.8. The Kier molecular flexibility index (Phi) is 4.14. The molecule has 0 fully saturated rings. The van der Waals surface area contributed by atoms with Crippen LogP contribution in [0.5, 0.6) is 0 Å². The smallest absolute Gasteiger partial charge is 0.255 e. The average Bonchev–Trinajstić information content (AvgIpc) is 2.82. The number of fused-ring (bicyclic) bond motifs is 1. The number of anilines is 1. The van der Waals surface area contributed by atoms with Crippen LogP contribution in [0.2, 0.25) is 10.0 Å². The zero-order chi connectivity index (χ0) is 15.0. The van der Waals surface area contributed by atoms with Crippen molar-refractivity contribution in [3.8, 4) is 0 Å². The number of hydrogen-bond donors (Lipinski definition) is 1. The quantitative estimate of drug-likeness (QED) is 0.892. The van der Waals surface area contributed by atoms with Crippen LogP contribution in [-0.2, 0) is 22.9 Å². The molecule has 0 aliphatic heterocycles. The van der Waals surface area contributed by atoms with Crippen molar-refractivity contribution in [3.63, 3.8) is 0 Å². The third kappa shape index (κ3) is 3.18. The van der Waals surface area contributed by atoms with E-state index >= 15 is 0 Å². The van der Waals surface area contributed by atoms with E-state index in [0.717, 1.165) is 36.3 Å². The predicted molar refractivity (Wildman–Crippen MR) is 86.0 cm³/mol. The van der Waals surface area contributed by atoms with Crippen LogP contribution in [0.1, 0.15) is 23.4 Å². The molecule has 0 spiro atoms. The van der Waals surface area contributed by atoms with Crippen LogP contribution in [0.4, 0.5) is 5.13 Å². The summed E-state index contributed by atoms with van der Waals surface area (Å²) in [6.45, 7) is 0. The summed E-state index contributed by atoms with van der Waals surface area (Å²) < 4.78 is 27.3. The highest BCUT2D eigenvalue weighted by Gasteiger charge is 2.22. The van der Waals surface area contributed by atoms with Crippen molar-refractivity contribution in [2.45, 2.75) is 30.6 Å². The van der Waals surface area contributed by atoms with Gasteiger partial charge >= 0.3 is 0 Å². The number of hydrogen-bond acceptors (Lipinski definition) is 4. The van der Waals surface area contributed by atoms with Gasteiger partial charge in [-0.25, -0.2) is 13.4 Å². The Morgan fingerprint density at radius 1 is 1.19 bits per heavy atom. The number of nitrogens with one attached hydrogen (secondary N) is 1. The summed E-state index contributed by atoms with van der Waals surface area (Å²) in [4.78, 5) is 5.49. The number of nitrogens with zero attached hydrogens (tertiary/aromatic N) is 1. The Bertz CT molecular complexity index is 764. The molecule has 0 saturated carbocycles. The predicted octanol–water partition coefficient (Wildman–Crippen LogP) is 4.13. The highest BCUT2D eigenvalue weighted by atomic mass is 35.5. The summed E-state index contributed by atoms with van der Waals surface area (Å²) >= 11 is 13.2. The van der Waals surface area contributed by atoms with Crippen LogP contribution in [0, 0.1) is 0 Å². The Labute approximate surface area is 137 Å². The zero-order valence-corrected chi connectivity index (χ0v) is 14.0. The number of aromatic nitrogens is 1. The topological polar surface area (TPSA) is 59.1 Å². The van der Waals surface area contributed by atoms with E-state index in [1.165, 1.54) is 23.5 Å². The van der Waals surface area contributed by atoms with Crippen molar-refractivity contribution in [3.05, 3.63) is 38.8 Å². The maximum absolute atomic E-state index is 12.4. The second-order valence-electron chi connectivity index (χ2n) is 4.78. The summed E-state index contributed by atoms with van der Waals surface area (Å²) in [5, 5.41) is 0.837. The minimum atomic E-state index is -3.78. The third-order valence-electron chi connectivity index (χ3n) is 3.25. The van der Waals surface area contributed by atoms with Crippen LogP contribution in [0.3, 0.4) is 0 Å². The van der Waals surface area contributed by atoms with E-state index < -0.39 is 10.0 Å². The van der Waals surface area contributed by atoms with Crippen molar-refractivity contribution in [2.75, 3.05) is 4.72 Å². The summed E-state index contributed by atoms with van der Waals surface area (Å²) in [5.41, 5.74) is 1.00. The van der Waals surface area contributed by atoms with E-state index in [0.29, 0.717) is 10.2 Å². The molecule has 112 valence electrons. The number of benzene rings is 1. The summed E-state index contributed by atoms with van der Waals surface area (Å²) in [7, 11) is -3.78. The van der Waals surface area contributed by atoms with Crippen molar-refractivity contribution >= 4 is 49.7 Å². The monoisotopic (exact) mass is 362 g/mol. The molecule has 0 bridgehead atoms. The lowest BCUT2D eigenvalue weighted by Crippen LogP contribution is -2.13. The van der Waals surface area contributed by atoms with E-state index in [4.69, 9.17) is 23.2 Å². The number of sulfonamides is 1. The number of thiazole rings is 1. The van der Waals surface area contributed by atoms with Crippen molar-refractivity contribution in [1.82, 2.24) is 4.98 Å². The van der Waals surface area contributed by atoms with Crippen molar-refractivity contribution in [1.29, 1.82) is 0 Å². The molecule has 1 heterocycles. The van der Waals surface area contributed by atoms with Gasteiger partial charge in [-0.05, 0) is 43.9 Å². The molecule has 1 aliphatic rings. The first-order chi connectivity index (χ1) is 9.95. The summed E-state index contributed by atoms with van der Waals surface area (Å²) in [6.07, 6.45) is 4.10. The molecule has 0 radical (unpaired) electrons.